The number of hydrogen-bond acceptors (Lipinski definition) is 3. The molecule has 0 fully saturated rings. The molecule has 0 spiro atoms. The highest BCUT2D eigenvalue weighted by molar-refractivity contribution is 5.89. The number of aryl methyl sites for hydroxylation is 1. The molecule has 0 bridgehead atoms. The van der Waals surface area contributed by atoms with Crippen molar-refractivity contribution in [1.29, 1.82) is 0 Å². The molecular weight excluding hydrogens is 192 g/mol. The Morgan fingerprint density at radius 3 is 2.80 bits per heavy atom. The van der Waals surface area contributed by atoms with Crippen molar-refractivity contribution >= 4 is 5.97 Å². The Morgan fingerprint density at radius 1 is 1.47 bits per heavy atom. The maximum Gasteiger partial charge on any atom is 0.338 e. The quantitative estimate of drug-likeness (QED) is 0.711. The van der Waals surface area contributed by atoms with E-state index in [9.17, 15) is 4.79 Å². The van der Waals surface area contributed by atoms with Crippen LogP contribution in [0.1, 0.15) is 22.8 Å². The molecule has 0 aliphatic heterocycles. The molecule has 1 atom stereocenters. The van der Waals surface area contributed by atoms with Gasteiger partial charge in [0.1, 0.15) is 6.10 Å². The Morgan fingerprint density at radius 2 is 2.20 bits per heavy atom. The van der Waals surface area contributed by atoms with Gasteiger partial charge in [0.15, 0.2) is 0 Å². The van der Waals surface area contributed by atoms with E-state index in [1.807, 2.05) is 25.1 Å². The number of rotatable bonds is 4. The molecule has 0 aliphatic carbocycles. The molecule has 1 aromatic carbocycles. The Hall–Kier alpha value is -1.35. The average Bonchev–Trinajstić information content (AvgIpc) is 2.18. The van der Waals surface area contributed by atoms with E-state index in [2.05, 4.69) is 0 Å². The van der Waals surface area contributed by atoms with E-state index >= 15 is 0 Å². The third kappa shape index (κ3) is 3.72. The lowest BCUT2D eigenvalue weighted by Gasteiger charge is -2.12. The van der Waals surface area contributed by atoms with E-state index in [0.717, 1.165) is 5.56 Å². The molecule has 3 nitrogen and oxygen atoms in total. The third-order valence-corrected chi connectivity index (χ3v) is 1.96. The molecular formula is C12H16O3. The highest BCUT2D eigenvalue weighted by Gasteiger charge is 2.11. The van der Waals surface area contributed by atoms with E-state index < -0.39 is 0 Å². The fraction of sp³-hybridized carbons (Fsp3) is 0.417. The van der Waals surface area contributed by atoms with Crippen LogP contribution in [0.5, 0.6) is 0 Å². The van der Waals surface area contributed by atoms with Crippen LogP contribution < -0.4 is 0 Å². The largest absolute Gasteiger partial charge is 0.457 e. The highest BCUT2D eigenvalue weighted by Crippen LogP contribution is 2.07. The standard InChI is InChI=1S/C12H16O3/c1-9-5-4-6-11(7-9)12(13)15-10(2)8-14-3/h4-7,10H,8H2,1-3H3. The minimum atomic E-state index is -0.303. The molecule has 0 aliphatic rings. The lowest BCUT2D eigenvalue weighted by molar-refractivity contribution is 0.0120. The zero-order chi connectivity index (χ0) is 11.3. The van der Waals surface area contributed by atoms with Gasteiger partial charge in [-0.15, -0.1) is 0 Å². The van der Waals surface area contributed by atoms with Gasteiger partial charge in [0.2, 0.25) is 0 Å². The van der Waals surface area contributed by atoms with Crippen LogP contribution in [0.4, 0.5) is 0 Å². The van der Waals surface area contributed by atoms with Crippen LogP contribution in [0.15, 0.2) is 24.3 Å². The van der Waals surface area contributed by atoms with E-state index in [1.54, 1.807) is 20.1 Å². The number of methoxy groups -OCH3 is 1. The Kier molecular flexibility index (Phi) is 4.31. The third-order valence-electron chi connectivity index (χ3n) is 1.96. The number of esters is 1. The monoisotopic (exact) mass is 208 g/mol. The minimum absolute atomic E-state index is 0.219. The highest BCUT2D eigenvalue weighted by atomic mass is 16.6. The number of benzene rings is 1. The molecule has 1 rings (SSSR count). The van der Waals surface area contributed by atoms with Gasteiger partial charge in [0.25, 0.3) is 0 Å². The van der Waals surface area contributed by atoms with Crippen LogP contribution >= 0.6 is 0 Å². The molecule has 0 heterocycles. The maximum atomic E-state index is 11.6. The van der Waals surface area contributed by atoms with Crippen molar-refractivity contribution in [1.82, 2.24) is 0 Å². The molecule has 0 amide bonds. The zero-order valence-corrected chi connectivity index (χ0v) is 9.32. The summed E-state index contributed by atoms with van der Waals surface area (Å²) < 4.78 is 10.1. The Bertz CT molecular complexity index is 333. The maximum absolute atomic E-state index is 11.6. The van der Waals surface area contributed by atoms with E-state index in [1.165, 1.54) is 0 Å². The number of hydrogen-bond donors (Lipinski definition) is 0. The molecule has 82 valence electrons. The smallest absolute Gasteiger partial charge is 0.338 e. The van der Waals surface area contributed by atoms with Gasteiger partial charge in [-0.1, -0.05) is 17.7 Å². The second-order valence-corrected chi connectivity index (χ2v) is 3.54. The summed E-state index contributed by atoms with van der Waals surface area (Å²) in [5.74, 6) is -0.303. The number of carbonyl (C=O) groups excluding carboxylic acids is 1. The zero-order valence-electron chi connectivity index (χ0n) is 9.32. The average molecular weight is 208 g/mol. The first-order valence-electron chi connectivity index (χ1n) is 4.90. The summed E-state index contributed by atoms with van der Waals surface area (Å²) in [5, 5.41) is 0. The van der Waals surface area contributed by atoms with Gasteiger partial charge in [0, 0.05) is 7.11 Å². The van der Waals surface area contributed by atoms with Gasteiger partial charge >= 0.3 is 5.97 Å². The molecule has 15 heavy (non-hydrogen) atoms. The van der Waals surface area contributed by atoms with E-state index in [0.29, 0.717) is 12.2 Å². The second kappa shape index (κ2) is 5.51. The van der Waals surface area contributed by atoms with Crippen molar-refractivity contribution < 1.29 is 14.3 Å². The van der Waals surface area contributed by atoms with Crippen molar-refractivity contribution in [2.45, 2.75) is 20.0 Å². The Labute approximate surface area is 90.0 Å². The van der Waals surface area contributed by atoms with Crippen molar-refractivity contribution in [2.24, 2.45) is 0 Å². The summed E-state index contributed by atoms with van der Waals surface area (Å²) in [4.78, 5) is 11.6. The fourth-order valence-corrected chi connectivity index (χ4v) is 1.29. The molecule has 0 radical (unpaired) electrons. The number of carbonyl (C=O) groups is 1. The first-order valence-corrected chi connectivity index (χ1v) is 4.90. The lowest BCUT2D eigenvalue weighted by Crippen LogP contribution is -2.19. The van der Waals surface area contributed by atoms with Gasteiger partial charge < -0.3 is 9.47 Å². The Balaban J connectivity index is 2.61. The first kappa shape index (κ1) is 11.7. The van der Waals surface area contributed by atoms with Crippen molar-refractivity contribution in [3.8, 4) is 0 Å². The first-order chi connectivity index (χ1) is 7.13. The molecule has 1 unspecified atom stereocenters. The fourth-order valence-electron chi connectivity index (χ4n) is 1.29. The van der Waals surface area contributed by atoms with Crippen molar-refractivity contribution in [3.05, 3.63) is 35.4 Å². The van der Waals surface area contributed by atoms with Crippen LogP contribution in [-0.4, -0.2) is 25.8 Å². The number of ether oxygens (including phenoxy) is 2. The topological polar surface area (TPSA) is 35.5 Å². The van der Waals surface area contributed by atoms with Gasteiger partial charge in [-0.3, -0.25) is 0 Å². The molecule has 0 aromatic heterocycles. The summed E-state index contributed by atoms with van der Waals surface area (Å²) in [6.45, 7) is 4.16. The van der Waals surface area contributed by atoms with Crippen LogP contribution in [0.3, 0.4) is 0 Å². The summed E-state index contributed by atoms with van der Waals surface area (Å²) >= 11 is 0. The summed E-state index contributed by atoms with van der Waals surface area (Å²) in [6.07, 6.45) is -0.219. The summed E-state index contributed by atoms with van der Waals surface area (Å²) in [6, 6.07) is 7.33. The lowest BCUT2D eigenvalue weighted by atomic mass is 10.1. The predicted molar refractivity (Wildman–Crippen MR) is 57.9 cm³/mol. The van der Waals surface area contributed by atoms with Crippen LogP contribution in [0, 0.1) is 6.92 Å². The molecule has 0 saturated carbocycles. The summed E-state index contributed by atoms with van der Waals surface area (Å²) in [5.41, 5.74) is 1.63. The van der Waals surface area contributed by atoms with Gasteiger partial charge in [-0.25, -0.2) is 4.79 Å². The SMILES string of the molecule is COCC(C)OC(=O)c1cccc(C)c1. The van der Waals surface area contributed by atoms with Crippen LogP contribution in [0.2, 0.25) is 0 Å². The molecule has 0 N–H and O–H groups in total. The molecule has 3 heteroatoms. The van der Waals surface area contributed by atoms with Crippen LogP contribution in [-0.2, 0) is 9.47 Å². The van der Waals surface area contributed by atoms with Gasteiger partial charge in [-0.05, 0) is 26.0 Å². The van der Waals surface area contributed by atoms with Crippen LogP contribution in [0.25, 0.3) is 0 Å². The predicted octanol–water partition coefficient (Wildman–Crippen LogP) is 2.19. The van der Waals surface area contributed by atoms with Crippen molar-refractivity contribution in [2.75, 3.05) is 13.7 Å². The second-order valence-electron chi connectivity index (χ2n) is 3.54. The van der Waals surface area contributed by atoms with Gasteiger partial charge in [0.05, 0.1) is 12.2 Å². The normalized spacial score (nSPS) is 12.2. The van der Waals surface area contributed by atoms with Crippen molar-refractivity contribution in [3.63, 3.8) is 0 Å². The summed E-state index contributed by atoms with van der Waals surface area (Å²) in [7, 11) is 1.58. The molecule has 0 saturated heterocycles. The van der Waals surface area contributed by atoms with E-state index in [-0.39, 0.29) is 12.1 Å². The molecule has 1 aromatic rings. The van der Waals surface area contributed by atoms with E-state index in [4.69, 9.17) is 9.47 Å². The van der Waals surface area contributed by atoms with Gasteiger partial charge in [-0.2, -0.15) is 0 Å². The minimum Gasteiger partial charge on any atom is -0.457 e.